The van der Waals surface area contributed by atoms with Crippen LogP contribution in [0.15, 0.2) is 40.9 Å². The fraction of sp³-hybridized carbons (Fsp3) is 0.353. The van der Waals surface area contributed by atoms with Crippen molar-refractivity contribution in [3.8, 4) is 0 Å². The van der Waals surface area contributed by atoms with Crippen LogP contribution in [0.4, 0.5) is 0 Å². The molecule has 0 bridgehead atoms. The van der Waals surface area contributed by atoms with E-state index in [1.54, 1.807) is 6.08 Å². The maximum atomic E-state index is 12.2. The zero-order valence-electron chi connectivity index (χ0n) is 12.6. The normalized spacial score (nSPS) is 16.3. The molecular formula is C17H19N3O2. The van der Waals surface area contributed by atoms with Crippen LogP contribution in [-0.2, 0) is 4.79 Å². The van der Waals surface area contributed by atoms with Crippen LogP contribution in [0, 0.1) is 6.92 Å². The van der Waals surface area contributed by atoms with Crippen molar-refractivity contribution in [3.63, 3.8) is 0 Å². The molecule has 114 valence electrons. The van der Waals surface area contributed by atoms with Crippen molar-refractivity contribution >= 4 is 12.0 Å². The fourth-order valence-corrected chi connectivity index (χ4v) is 2.66. The highest BCUT2D eigenvalue weighted by Crippen LogP contribution is 2.26. The second-order valence-electron chi connectivity index (χ2n) is 5.52. The Morgan fingerprint density at radius 3 is 2.64 bits per heavy atom. The molecule has 1 aliphatic rings. The van der Waals surface area contributed by atoms with Gasteiger partial charge in [-0.1, -0.05) is 35.5 Å². The van der Waals surface area contributed by atoms with Crippen molar-refractivity contribution in [1.29, 1.82) is 0 Å². The molecule has 1 aromatic heterocycles. The zero-order valence-corrected chi connectivity index (χ0v) is 12.6. The van der Waals surface area contributed by atoms with Gasteiger partial charge >= 0.3 is 0 Å². The predicted octanol–water partition coefficient (Wildman–Crippen LogP) is 2.80. The van der Waals surface area contributed by atoms with E-state index in [1.165, 1.54) is 0 Å². The minimum absolute atomic E-state index is 0.0593. The summed E-state index contributed by atoms with van der Waals surface area (Å²) in [6.45, 7) is 3.27. The standard InChI is InChI=1S/C17H19N3O2/c1-13-18-17(22-19-13)15-9-11-20(12-10-15)16(21)8-7-14-5-3-2-4-6-14/h2-8,15H,9-12H2,1H3/b8-7-. The molecule has 1 aromatic carbocycles. The minimum Gasteiger partial charge on any atom is -0.339 e. The lowest BCUT2D eigenvalue weighted by molar-refractivity contribution is -0.127. The second-order valence-corrected chi connectivity index (χ2v) is 5.52. The maximum absolute atomic E-state index is 12.2. The van der Waals surface area contributed by atoms with Gasteiger partial charge in [0.15, 0.2) is 5.82 Å². The molecule has 1 amide bonds. The van der Waals surface area contributed by atoms with Gasteiger partial charge in [-0.2, -0.15) is 4.98 Å². The smallest absolute Gasteiger partial charge is 0.246 e. The number of aryl methyl sites for hydroxylation is 1. The van der Waals surface area contributed by atoms with Gasteiger partial charge in [0.25, 0.3) is 0 Å². The third-order valence-corrected chi connectivity index (χ3v) is 3.92. The summed E-state index contributed by atoms with van der Waals surface area (Å²) in [6, 6.07) is 9.84. The average molecular weight is 297 g/mol. The first-order valence-corrected chi connectivity index (χ1v) is 7.54. The molecule has 0 N–H and O–H groups in total. The average Bonchev–Trinajstić information content (AvgIpc) is 3.00. The molecule has 5 nitrogen and oxygen atoms in total. The van der Waals surface area contributed by atoms with Crippen LogP contribution < -0.4 is 0 Å². The summed E-state index contributed by atoms with van der Waals surface area (Å²) in [4.78, 5) is 18.4. The topological polar surface area (TPSA) is 59.2 Å². The number of likely N-dealkylation sites (tertiary alicyclic amines) is 1. The first-order chi connectivity index (χ1) is 10.7. The number of carbonyl (C=O) groups excluding carboxylic acids is 1. The number of aromatic nitrogens is 2. The number of piperidine rings is 1. The van der Waals surface area contributed by atoms with E-state index in [0.29, 0.717) is 11.7 Å². The van der Waals surface area contributed by atoms with Gasteiger partial charge in [-0.3, -0.25) is 4.79 Å². The van der Waals surface area contributed by atoms with Gasteiger partial charge in [-0.15, -0.1) is 0 Å². The molecule has 2 aromatic rings. The number of amides is 1. The molecule has 0 saturated carbocycles. The second kappa shape index (κ2) is 6.56. The summed E-state index contributed by atoms with van der Waals surface area (Å²) in [5.74, 6) is 1.69. The maximum Gasteiger partial charge on any atom is 0.246 e. The number of hydrogen-bond acceptors (Lipinski definition) is 4. The highest BCUT2D eigenvalue weighted by Gasteiger charge is 2.26. The Balaban J connectivity index is 1.55. The zero-order chi connectivity index (χ0) is 15.4. The van der Waals surface area contributed by atoms with E-state index in [2.05, 4.69) is 10.1 Å². The quantitative estimate of drug-likeness (QED) is 0.817. The van der Waals surface area contributed by atoms with Crippen molar-refractivity contribution in [1.82, 2.24) is 15.0 Å². The summed E-state index contributed by atoms with van der Waals surface area (Å²) < 4.78 is 5.23. The van der Waals surface area contributed by atoms with E-state index >= 15 is 0 Å². The van der Waals surface area contributed by atoms with Crippen LogP contribution in [0.25, 0.3) is 6.08 Å². The Morgan fingerprint density at radius 2 is 2.00 bits per heavy atom. The molecule has 2 heterocycles. The van der Waals surface area contributed by atoms with Crippen LogP contribution in [0.1, 0.15) is 36.0 Å². The SMILES string of the molecule is Cc1noc(C2CCN(C(=O)/C=C\c3ccccc3)CC2)n1. The lowest BCUT2D eigenvalue weighted by Gasteiger charge is -2.29. The monoisotopic (exact) mass is 297 g/mol. The van der Waals surface area contributed by atoms with Gasteiger partial charge < -0.3 is 9.42 Å². The molecule has 3 rings (SSSR count). The summed E-state index contributed by atoms with van der Waals surface area (Å²) in [5.41, 5.74) is 1.03. The van der Waals surface area contributed by atoms with E-state index in [1.807, 2.05) is 48.2 Å². The van der Waals surface area contributed by atoms with Gasteiger partial charge in [0.05, 0.1) is 0 Å². The van der Waals surface area contributed by atoms with Crippen LogP contribution >= 0.6 is 0 Å². The lowest BCUT2D eigenvalue weighted by Crippen LogP contribution is -2.36. The Labute approximate surface area is 129 Å². The van der Waals surface area contributed by atoms with Gasteiger partial charge in [0, 0.05) is 25.1 Å². The largest absolute Gasteiger partial charge is 0.339 e. The summed E-state index contributed by atoms with van der Waals surface area (Å²) in [6.07, 6.45) is 5.24. The molecule has 0 spiro atoms. The third-order valence-electron chi connectivity index (χ3n) is 3.92. The van der Waals surface area contributed by atoms with Gasteiger partial charge in [0.2, 0.25) is 11.8 Å². The van der Waals surface area contributed by atoms with Gasteiger partial charge in [0.1, 0.15) is 0 Å². The lowest BCUT2D eigenvalue weighted by atomic mass is 9.96. The first-order valence-electron chi connectivity index (χ1n) is 7.54. The van der Waals surface area contributed by atoms with E-state index in [4.69, 9.17) is 4.52 Å². The Bertz CT molecular complexity index is 656. The summed E-state index contributed by atoms with van der Waals surface area (Å²) in [7, 11) is 0. The molecule has 22 heavy (non-hydrogen) atoms. The highest BCUT2D eigenvalue weighted by atomic mass is 16.5. The predicted molar refractivity (Wildman–Crippen MR) is 83.1 cm³/mol. The van der Waals surface area contributed by atoms with E-state index in [0.717, 1.165) is 31.5 Å². The van der Waals surface area contributed by atoms with Gasteiger partial charge in [-0.25, -0.2) is 0 Å². The van der Waals surface area contributed by atoms with Crippen LogP contribution in [-0.4, -0.2) is 34.0 Å². The summed E-state index contributed by atoms with van der Waals surface area (Å²) >= 11 is 0. The van der Waals surface area contributed by atoms with Crippen molar-refractivity contribution in [2.45, 2.75) is 25.7 Å². The van der Waals surface area contributed by atoms with E-state index in [9.17, 15) is 4.79 Å². The Hall–Kier alpha value is -2.43. The molecule has 1 aliphatic heterocycles. The summed E-state index contributed by atoms with van der Waals surface area (Å²) in [5, 5.41) is 3.83. The highest BCUT2D eigenvalue weighted by molar-refractivity contribution is 5.91. The molecule has 1 saturated heterocycles. The molecule has 1 fully saturated rings. The van der Waals surface area contributed by atoms with E-state index < -0.39 is 0 Å². The minimum atomic E-state index is 0.0593. The molecule has 5 heteroatoms. The fourth-order valence-electron chi connectivity index (χ4n) is 2.66. The van der Waals surface area contributed by atoms with Crippen LogP contribution in [0.3, 0.4) is 0 Å². The Morgan fingerprint density at radius 1 is 1.27 bits per heavy atom. The van der Waals surface area contributed by atoms with Gasteiger partial charge in [-0.05, 0) is 31.4 Å². The Kier molecular flexibility index (Phi) is 4.32. The number of nitrogens with zero attached hydrogens (tertiary/aromatic N) is 3. The number of hydrogen-bond donors (Lipinski definition) is 0. The number of benzene rings is 1. The first kappa shape index (κ1) is 14.5. The molecule has 0 radical (unpaired) electrons. The number of carbonyl (C=O) groups is 1. The molecule has 0 aliphatic carbocycles. The van der Waals surface area contributed by atoms with Crippen molar-refractivity contribution in [2.24, 2.45) is 0 Å². The van der Waals surface area contributed by atoms with E-state index in [-0.39, 0.29) is 11.8 Å². The van der Waals surface area contributed by atoms with Crippen molar-refractivity contribution in [3.05, 3.63) is 53.7 Å². The molecule has 0 atom stereocenters. The number of rotatable bonds is 3. The van der Waals surface area contributed by atoms with Crippen molar-refractivity contribution in [2.75, 3.05) is 13.1 Å². The van der Waals surface area contributed by atoms with Crippen LogP contribution in [0.5, 0.6) is 0 Å². The molecular weight excluding hydrogens is 278 g/mol. The van der Waals surface area contributed by atoms with Crippen molar-refractivity contribution < 1.29 is 9.32 Å². The molecule has 0 unspecified atom stereocenters. The van der Waals surface area contributed by atoms with Crippen LogP contribution in [0.2, 0.25) is 0 Å². The third kappa shape index (κ3) is 3.42.